The second-order valence-electron chi connectivity index (χ2n) is 5.13. The first-order chi connectivity index (χ1) is 8.09. The van der Waals surface area contributed by atoms with Crippen molar-refractivity contribution >= 4 is 21.4 Å². The van der Waals surface area contributed by atoms with Crippen molar-refractivity contribution in [3.05, 3.63) is 35.2 Å². The van der Waals surface area contributed by atoms with Gasteiger partial charge in [0, 0.05) is 11.1 Å². The van der Waals surface area contributed by atoms with Gasteiger partial charge in [0.25, 0.3) is 0 Å². The predicted molar refractivity (Wildman–Crippen MR) is 75.5 cm³/mol. The van der Waals surface area contributed by atoms with Crippen molar-refractivity contribution in [2.45, 2.75) is 33.3 Å². The lowest BCUT2D eigenvalue weighted by molar-refractivity contribution is 0.0925. The Morgan fingerprint density at radius 3 is 2.59 bits per heavy atom. The monoisotopic (exact) mass is 248 g/mol. The second-order valence-corrected chi connectivity index (χ2v) is 6.04. The quantitative estimate of drug-likeness (QED) is 0.863. The van der Waals surface area contributed by atoms with Gasteiger partial charge in [-0.05, 0) is 34.2 Å². The van der Waals surface area contributed by atoms with Crippen LogP contribution >= 0.6 is 11.3 Å². The number of benzene rings is 1. The summed E-state index contributed by atoms with van der Waals surface area (Å²) in [5.74, 6) is 0.864. The summed E-state index contributed by atoms with van der Waals surface area (Å²) in [6.07, 6.45) is 0.525. The van der Waals surface area contributed by atoms with Crippen LogP contribution in [0.3, 0.4) is 0 Å². The number of fused-ring (bicyclic) bond motifs is 1. The first-order valence-electron chi connectivity index (χ1n) is 6.22. The molecule has 0 bridgehead atoms. The van der Waals surface area contributed by atoms with Crippen molar-refractivity contribution in [3.8, 4) is 0 Å². The Balaban J connectivity index is 2.18. The molecular weight excluding hydrogens is 228 g/mol. The average molecular weight is 248 g/mol. The van der Waals surface area contributed by atoms with E-state index in [0.717, 1.165) is 6.42 Å². The number of hydrogen-bond acceptors (Lipinski definition) is 2. The summed E-state index contributed by atoms with van der Waals surface area (Å²) < 4.78 is 1.31. The minimum absolute atomic E-state index is 0.243. The van der Waals surface area contributed by atoms with Crippen molar-refractivity contribution in [1.29, 1.82) is 0 Å². The normalized spacial score (nSPS) is 15.4. The molecule has 2 unspecified atom stereocenters. The Kier molecular flexibility index (Phi) is 3.85. The standard InChI is InChI=1S/C15H20OS/c1-10(2)11(3)14(16)8-12-9-17-15-7-5-4-6-13(12)15/h4-7,9-11,14,16H,8H2,1-3H3. The van der Waals surface area contributed by atoms with Gasteiger partial charge in [0.15, 0.2) is 0 Å². The van der Waals surface area contributed by atoms with Crippen molar-refractivity contribution in [3.63, 3.8) is 0 Å². The Hall–Kier alpha value is -0.860. The predicted octanol–water partition coefficient (Wildman–Crippen LogP) is 4.10. The highest BCUT2D eigenvalue weighted by Gasteiger charge is 2.19. The third-order valence-corrected chi connectivity index (χ3v) is 4.66. The molecule has 0 aliphatic rings. The van der Waals surface area contributed by atoms with Crippen LogP contribution in [0, 0.1) is 11.8 Å². The summed E-state index contributed by atoms with van der Waals surface area (Å²) in [6, 6.07) is 8.42. The third kappa shape index (κ3) is 2.70. The zero-order valence-electron chi connectivity index (χ0n) is 10.7. The molecule has 17 heavy (non-hydrogen) atoms. The van der Waals surface area contributed by atoms with Gasteiger partial charge in [-0.25, -0.2) is 0 Å². The molecule has 0 saturated carbocycles. The molecule has 1 N–H and O–H groups in total. The van der Waals surface area contributed by atoms with Gasteiger partial charge in [0.2, 0.25) is 0 Å². The number of hydrogen-bond donors (Lipinski definition) is 1. The summed E-state index contributed by atoms with van der Waals surface area (Å²) in [4.78, 5) is 0. The first-order valence-corrected chi connectivity index (χ1v) is 7.10. The lowest BCUT2D eigenvalue weighted by atomic mass is 9.89. The van der Waals surface area contributed by atoms with Crippen molar-refractivity contribution in [2.75, 3.05) is 0 Å². The maximum Gasteiger partial charge on any atom is 0.0609 e. The number of aliphatic hydroxyl groups is 1. The van der Waals surface area contributed by atoms with Gasteiger partial charge >= 0.3 is 0 Å². The Bertz CT molecular complexity index is 486. The molecule has 0 fully saturated rings. The molecule has 2 aromatic rings. The van der Waals surface area contributed by atoms with E-state index in [1.807, 2.05) is 0 Å². The van der Waals surface area contributed by atoms with E-state index in [9.17, 15) is 5.11 Å². The summed E-state index contributed by atoms with van der Waals surface area (Å²) in [6.45, 7) is 6.46. The molecule has 0 aliphatic heterocycles. The van der Waals surface area contributed by atoms with Gasteiger partial charge in [-0.2, -0.15) is 0 Å². The van der Waals surface area contributed by atoms with Crippen LogP contribution < -0.4 is 0 Å². The highest BCUT2D eigenvalue weighted by atomic mass is 32.1. The summed E-state index contributed by atoms with van der Waals surface area (Å²) in [5, 5.41) is 13.7. The van der Waals surface area contributed by atoms with Crippen LogP contribution in [0.25, 0.3) is 10.1 Å². The maximum absolute atomic E-state index is 10.2. The molecule has 0 spiro atoms. The van der Waals surface area contributed by atoms with Gasteiger partial charge < -0.3 is 5.11 Å². The molecule has 2 heteroatoms. The summed E-state index contributed by atoms with van der Waals surface area (Å²) >= 11 is 1.76. The molecule has 1 aromatic carbocycles. The zero-order chi connectivity index (χ0) is 12.4. The lowest BCUT2D eigenvalue weighted by Crippen LogP contribution is -2.24. The minimum atomic E-state index is -0.243. The first kappa shape index (κ1) is 12.6. The summed E-state index contributed by atoms with van der Waals surface area (Å²) in [5.41, 5.74) is 1.28. The molecule has 1 aromatic heterocycles. The number of rotatable bonds is 4. The molecule has 0 amide bonds. The largest absolute Gasteiger partial charge is 0.392 e. The number of aliphatic hydroxyl groups excluding tert-OH is 1. The Morgan fingerprint density at radius 1 is 1.18 bits per heavy atom. The zero-order valence-corrected chi connectivity index (χ0v) is 11.5. The van der Waals surface area contributed by atoms with E-state index in [1.54, 1.807) is 11.3 Å². The fourth-order valence-corrected chi connectivity index (χ4v) is 3.02. The minimum Gasteiger partial charge on any atom is -0.392 e. The van der Waals surface area contributed by atoms with Gasteiger partial charge in [-0.1, -0.05) is 39.0 Å². The SMILES string of the molecule is CC(C)C(C)C(O)Cc1csc2ccccc12. The van der Waals surface area contributed by atoms with Gasteiger partial charge in [-0.15, -0.1) is 11.3 Å². The smallest absolute Gasteiger partial charge is 0.0609 e. The molecule has 0 radical (unpaired) electrons. The average Bonchev–Trinajstić information content (AvgIpc) is 2.71. The van der Waals surface area contributed by atoms with Gasteiger partial charge in [-0.3, -0.25) is 0 Å². The fourth-order valence-electron chi connectivity index (χ4n) is 2.05. The topological polar surface area (TPSA) is 20.2 Å². The van der Waals surface area contributed by atoms with Gasteiger partial charge in [0.05, 0.1) is 6.10 Å². The van der Waals surface area contributed by atoms with Crippen LogP contribution in [0.2, 0.25) is 0 Å². The Morgan fingerprint density at radius 2 is 1.88 bits per heavy atom. The van der Waals surface area contributed by atoms with Crippen LogP contribution in [0.1, 0.15) is 26.3 Å². The van der Waals surface area contributed by atoms with Crippen LogP contribution in [-0.2, 0) is 6.42 Å². The molecule has 1 nitrogen and oxygen atoms in total. The highest BCUT2D eigenvalue weighted by molar-refractivity contribution is 7.17. The molecule has 2 rings (SSSR count). The third-order valence-electron chi connectivity index (χ3n) is 3.65. The molecule has 2 atom stereocenters. The van der Waals surface area contributed by atoms with E-state index in [-0.39, 0.29) is 6.10 Å². The Labute approximate surface area is 107 Å². The van der Waals surface area contributed by atoms with E-state index in [4.69, 9.17) is 0 Å². The molecular formula is C15H20OS. The number of thiophene rings is 1. The van der Waals surface area contributed by atoms with E-state index >= 15 is 0 Å². The van der Waals surface area contributed by atoms with Gasteiger partial charge in [0.1, 0.15) is 0 Å². The van der Waals surface area contributed by atoms with E-state index in [2.05, 4.69) is 50.4 Å². The molecule has 1 heterocycles. The maximum atomic E-state index is 10.2. The van der Waals surface area contributed by atoms with Crippen molar-refractivity contribution in [1.82, 2.24) is 0 Å². The van der Waals surface area contributed by atoms with E-state index in [0.29, 0.717) is 11.8 Å². The second kappa shape index (κ2) is 5.19. The van der Waals surface area contributed by atoms with Crippen LogP contribution in [0.4, 0.5) is 0 Å². The summed E-state index contributed by atoms with van der Waals surface area (Å²) in [7, 11) is 0. The van der Waals surface area contributed by atoms with Crippen LogP contribution in [0.5, 0.6) is 0 Å². The van der Waals surface area contributed by atoms with E-state index in [1.165, 1.54) is 15.6 Å². The van der Waals surface area contributed by atoms with Crippen LogP contribution in [-0.4, -0.2) is 11.2 Å². The van der Waals surface area contributed by atoms with E-state index < -0.39 is 0 Å². The molecule has 0 saturated heterocycles. The van der Waals surface area contributed by atoms with Crippen LogP contribution in [0.15, 0.2) is 29.6 Å². The van der Waals surface area contributed by atoms with Crippen molar-refractivity contribution in [2.24, 2.45) is 11.8 Å². The van der Waals surface area contributed by atoms with Crippen molar-refractivity contribution < 1.29 is 5.11 Å². The molecule has 92 valence electrons. The lowest BCUT2D eigenvalue weighted by Gasteiger charge is -2.22. The highest BCUT2D eigenvalue weighted by Crippen LogP contribution is 2.28. The molecule has 0 aliphatic carbocycles. The fraction of sp³-hybridized carbons (Fsp3) is 0.467.